The largest absolute Gasteiger partial charge is 0.455 e. The number of ether oxygens (including phenoxy) is 3. The van der Waals surface area contributed by atoms with Crippen LogP contribution >= 0.6 is 0 Å². The van der Waals surface area contributed by atoms with E-state index in [1.54, 1.807) is 12.1 Å². The van der Waals surface area contributed by atoms with E-state index in [0.717, 1.165) is 30.2 Å². The number of fused-ring (bicyclic) bond motifs is 1. The van der Waals surface area contributed by atoms with Crippen LogP contribution in [-0.4, -0.2) is 73.0 Å². The first-order valence-corrected chi connectivity index (χ1v) is 17.3. The Morgan fingerprint density at radius 3 is 2.28 bits per heavy atom. The molecule has 0 atom stereocenters. The SMILES string of the molecule is CNC(=O)c1c(-c2ccc(F)cc2)oc2cc(N(CCOCCOCCOCc3cccc(C(C)=O)c3)S(C)(=O)=O)c(C3CC3)cc12. The number of furan rings is 1. The van der Waals surface area contributed by atoms with Gasteiger partial charge in [0.25, 0.3) is 5.91 Å². The van der Waals surface area contributed by atoms with Crippen molar-refractivity contribution in [1.82, 2.24) is 5.32 Å². The monoisotopic (exact) mass is 666 g/mol. The quantitative estimate of drug-likeness (QED) is 0.113. The number of benzene rings is 3. The molecule has 250 valence electrons. The van der Waals surface area contributed by atoms with Gasteiger partial charge >= 0.3 is 0 Å². The van der Waals surface area contributed by atoms with Gasteiger partial charge < -0.3 is 23.9 Å². The Kier molecular flexibility index (Phi) is 11.1. The summed E-state index contributed by atoms with van der Waals surface area (Å²) in [7, 11) is -2.19. The van der Waals surface area contributed by atoms with Crippen LogP contribution < -0.4 is 9.62 Å². The number of carbonyl (C=O) groups is 2. The number of carbonyl (C=O) groups excluding carboxylic acids is 2. The first-order chi connectivity index (χ1) is 22.6. The van der Waals surface area contributed by atoms with Crippen molar-refractivity contribution in [2.24, 2.45) is 0 Å². The Bertz CT molecular complexity index is 1830. The highest BCUT2D eigenvalue weighted by atomic mass is 32.2. The molecule has 0 saturated heterocycles. The lowest BCUT2D eigenvalue weighted by atomic mass is 10.0. The van der Waals surface area contributed by atoms with Crippen molar-refractivity contribution in [2.45, 2.75) is 32.3 Å². The molecular weight excluding hydrogens is 627 g/mol. The van der Waals surface area contributed by atoms with E-state index in [0.29, 0.717) is 59.8 Å². The second-order valence-corrected chi connectivity index (χ2v) is 13.3. The standard InChI is InChI=1S/C35H39FN2O8S/c1-23(39)27-6-4-5-24(19-27)22-45-18-17-44-16-15-43-14-13-38(47(3,41)42)31-21-32-30(20-29(31)25-7-8-25)33(35(40)37-2)34(46-32)26-9-11-28(36)12-10-26/h4-6,9-12,19-21,25H,7-8,13-18,22H2,1-3H3,(H,37,40). The third kappa shape index (κ3) is 8.63. The number of hydrogen-bond donors (Lipinski definition) is 1. The summed E-state index contributed by atoms with van der Waals surface area (Å²) in [5.41, 5.74) is 4.03. The molecular formula is C35H39FN2O8S. The molecule has 47 heavy (non-hydrogen) atoms. The fourth-order valence-corrected chi connectivity index (χ4v) is 6.29. The summed E-state index contributed by atoms with van der Waals surface area (Å²) in [6.45, 7) is 3.40. The Labute approximate surface area is 273 Å². The Balaban J connectivity index is 1.21. The minimum absolute atomic E-state index is 0.00496. The van der Waals surface area contributed by atoms with Crippen molar-refractivity contribution < 1.29 is 41.0 Å². The van der Waals surface area contributed by atoms with Crippen molar-refractivity contribution in [3.05, 3.63) is 88.7 Å². The van der Waals surface area contributed by atoms with Gasteiger partial charge in [-0.2, -0.15) is 0 Å². The third-order valence-corrected chi connectivity index (χ3v) is 9.05. The fraction of sp³-hybridized carbons (Fsp3) is 0.371. The van der Waals surface area contributed by atoms with E-state index in [1.165, 1.54) is 42.5 Å². The molecule has 1 N–H and O–H groups in total. The lowest BCUT2D eigenvalue weighted by Crippen LogP contribution is -2.34. The van der Waals surface area contributed by atoms with Crippen LogP contribution in [0.1, 0.15) is 57.5 Å². The van der Waals surface area contributed by atoms with Crippen LogP contribution in [0.2, 0.25) is 0 Å². The number of nitrogens with zero attached hydrogens (tertiary/aromatic N) is 1. The van der Waals surface area contributed by atoms with Crippen molar-refractivity contribution >= 4 is 38.4 Å². The summed E-state index contributed by atoms with van der Waals surface area (Å²) < 4.78 is 64.2. The number of anilines is 1. The average Bonchev–Trinajstić information content (AvgIpc) is 3.83. The molecule has 4 aromatic rings. The average molecular weight is 667 g/mol. The van der Waals surface area contributed by atoms with Crippen LogP contribution in [0.5, 0.6) is 0 Å². The molecule has 1 amide bonds. The van der Waals surface area contributed by atoms with Gasteiger partial charge in [0, 0.05) is 29.6 Å². The van der Waals surface area contributed by atoms with E-state index < -0.39 is 15.8 Å². The number of rotatable bonds is 17. The fourth-order valence-electron chi connectivity index (χ4n) is 5.36. The molecule has 0 bridgehead atoms. The zero-order valence-corrected chi connectivity index (χ0v) is 27.5. The topological polar surface area (TPSA) is 124 Å². The summed E-state index contributed by atoms with van der Waals surface area (Å²) >= 11 is 0. The number of ketones is 1. The van der Waals surface area contributed by atoms with E-state index in [9.17, 15) is 22.4 Å². The van der Waals surface area contributed by atoms with Gasteiger partial charge in [0.15, 0.2) is 5.78 Å². The molecule has 0 spiro atoms. The molecule has 0 radical (unpaired) electrons. The van der Waals surface area contributed by atoms with Gasteiger partial charge in [-0.1, -0.05) is 18.2 Å². The van der Waals surface area contributed by atoms with Crippen molar-refractivity contribution in [2.75, 3.05) is 57.2 Å². The molecule has 1 aromatic heterocycles. The Morgan fingerprint density at radius 1 is 0.957 bits per heavy atom. The summed E-state index contributed by atoms with van der Waals surface area (Å²) in [6.07, 6.45) is 2.95. The maximum atomic E-state index is 13.6. The molecule has 1 aliphatic carbocycles. The molecule has 1 saturated carbocycles. The molecule has 12 heteroatoms. The molecule has 1 fully saturated rings. The minimum Gasteiger partial charge on any atom is -0.455 e. The number of nitrogens with one attached hydrogen (secondary N) is 1. The van der Waals surface area contributed by atoms with Crippen LogP contribution in [0.25, 0.3) is 22.3 Å². The zero-order chi connectivity index (χ0) is 33.6. The summed E-state index contributed by atoms with van der Waals surface area (Å²) in [4.78, 5) is 24.6. The molecule has 1 heterocycles. The van der Waals surface area contributed by atoms with E-state index in [1.807, 2.05) is 24.3 Å². The Morgan fingerprint density at radius 2 is 1.64 bits per heavy atom. The van der Waals surface area contributed by atoms with E-state index in [2.05, 4.69) is 5.32 Å². The van der Waals surface area contributed by atoms with Gasteiger partial charge in [0.1, 0.15) is 17.2 Å². The lowest BCUT2D eigenvalue weighted by molar-refractivity contribution is 0.0120. The van der Waals surface area contributed by atoms with Crippen molar-refractivity contribution in [1.29, 1.82) is 0 Å². The van der Waals surface area contributed by atoms with Gasteiger partial charge in [-0.05, 0) is 73.2 Å². The minimum atomic E-state index is -3.71. The van der Waals surface area contributed by atoms with Crippen LogP contribution in [0, 0.1) is 5.82 Å². The maximum absolute atomic E-state index is 13.6. The molecule has 0 aliphatic heterocycles. The molecule has 10 nitrogen and oxygen atoms in total. The second-order valence-electron chi connectivity index (χ2n) is 11.4. The van der Waals surface area contributed by atoms with Gasteiger partial charge in [-0.15, -0.1) is 0 Å². The maximum Gasteiger partial charge on any atom is 0.255 e. The van der Waals surface area contributed by atoms with Crippen LogP contribution in [0.3, 0.4) is 0 Å². The van der Waals surface area contributed by atoms with Gasteiger partial charge in [0.2, 0.25) is 10.0 Å². The molecule has 3 aromatic carbocycles. The number of amides is 1. The summed E-state index contributed by atoms with van der Waals surface area (Å²) in [6, 6.07) is 16.5. The highest BCUT2D eigenvalue weighted by Crippen LogP contribution is 2.48. The molecule has 5 rings (SSSR count). The second kappa shape index (κ2) is 15.2. The van der Waals surface area contributed by atoms with E-state index >= 15 is 0 Å². The Hall–Kier alpha value is -4.10. The number of halogens is 1. The first-order valence-electron chi connectivity index (χ1n) is 15.5. The van der Waals surface area contributed by atoms with E-state index in [4.69, 9.17) is 18.6 Å². The van der Waals surface area contributed by atoms with Crippen LogP contribution in [0.4, 0.5) is 10.1 Å². The van der Waals surface area contributed by atoms with Gasteiger partial charge in [0.05, 0.1) is 63.7 Å². The normalized spacial score (nSPS) is 13.2. The van der Waals surface area contributed by atoms with E-state index in [-0.39, 0.29) is 43.1 Å². The number of hydrogen-bond acceptors (Lipinski definition) is 8. The molecule has 0 unspecified atom stereocenters. The number of sulfonamides is 1. The lowest BCUT2D eigenvalue weighted by Gasteiger charge is -2.25. The third-order valence-electron chi connectivity index (χ3n) is 7.87. The zero-order valence-electron chi connectivity index (χ0n) is 26.7. The van der Waals surface area contributed by atoms with Crippen molar-refractivity contribution in [3.8, 4) is 11.3 Å². The summed E-state index contributed by atoms with van der Waals surface area (Å²) in [5, 5.41) is 3.21. The van der Waals surface area contributed by atoms with Crippen LogP contribution in [0.15, 0.2) is 65.1 Å². The first kappa shape index (κ1) is 34.2. The predicted molar refractivity (Wildman–Crippen MR) is 177 cm³/mol. The molecule has 1 aliphatic rings. The van der Waals surface area contributed by atoms with Crippen LogP contribution in [-0.2, 0) is 30.8 Å². The van der Waals surface area contributed by atoms with Gasteiger partial charge in [-0.25, -0.2) is 12.8 Å². The smallest absolute Gasteiger partial charge is 0.255 e. The number of Topliss-reactive ketones (excluding diaryl/α,β-unsaturated/α-hetero) is 1. The van der Waals surface area contributed by atoms with Crippen molar-refractivity contribution in [3.63, 3.8) is 0 Å². The highest BCUT2D eigenvalue weighted by Gasteiger charge is 2.33. The summed E-state index contributed by atoms with van der Waals surface area (Å²) in [5.74, 6) is -0.347. The van der Waals surface area contributed by atoms with Gasteiger partial charge in [-0.3, -0.25) is 13.9 Å². The predicted octanol–water partition coefficient (Wildman–Crippen LogP) is 5.69. The highest BCUT2D eigenvalue weighted by molar-refractivity contribution is 7.92.